The maximum Gasteiger partial charge on any atom is 0.201 e. The maximum absolute atomic E-state index is 9.92. The minimum atomic E-state index is 0.0722. The van der Waals surface area contributed by atoms with Gasteiger partial charge in [-0.25, -0.2) is 9.97 Å². The summed E-state index contributed by atoms with van der Waals surface area (Å²) in [6, 6.07) is 0. The third kappa shape index (κ3) is 2.73. The first-order valence-corrected chi connectivity index (χ1v) is 5.20. The lowest BCUT2D eigenvalue weighted by Gasteiger charge is -2.22. The molecular formula is C10H18N4O2. The summed E-state index contributed by atoms with van der Waals surface area (Å²) in [6.45, 7) is 4.01. The predicted octanol–water partition coefficient (Wildman–Crippen LogP) is 0.697. The van der Waals surface area contributed by atoms with Crippen molar-refractivity contribution in [1.29, 1.82) is 0 Å². The molecular weight excluding hydrogens is 208 g/mol. The number of nitrogens with one attached hydrogen (secondary N) is 1. The number of rotatable bonds is 6. The van der Waals surface area contributed by atoms with Gasteiger partial charge >= 0.3 is 0 Å². The summed E-state index contributed by atoms with van der Waals surface area (Å²) in [5.41, 5.74) is 0. The Bertz CT molecular complexity index is 333. The van der Waals surface area contributed by atoms with Crippen molar-refractivity contribution in [2.24, 2.45) is 0 Å². The number of methoxy groups -OCH3 is 1. The van der Waals surface area contributed by atoms with Crippen LogP contribution in [-0.2, 0) is 4.74 Å². The van der Waals surface area contributed by atoms with Gasteiger partial charge in [-0.3, -0.25) is 0 Å². The molecule has 0 atom stereocenters. The average Bonchev–Trinajstić information content (AvgIpc) is 2.32. The number of nitrogens with zero attached hydrogens (tertiary/aromatic N) is 3. The van der Waals surface area contributed by atoms with E-state index in [0.717, 1.165) is 6.54 Å². The Hall–Kier alpha value is -1.56. The molecule has 0 unspecified atom stereocenters. The maximum atomic E-state index is 9.92. The highest BCUT2D eigenvalue weighted by molar-refractivity contribution is 5.63. The van der Waals surface area contributed by atoms with Crippen LogP contribution in [0.2, 0.25) is 0 Å². The highest BCUT2D eigenvalue weighted by atomic mass is 16.5. The minimum absolute atomic E-state index is 0.0722. The fourth-order valence-electron chi connectivity index (χ4n) is 1.40. The molecule has 0 bridgehead atoms. The van der Waals surface area contributed by atoms with Crippen molar-refractivity contribution in [3.63, 3.8) is 0 Å². The van der Waals surface area contributed by atoms with Crippen molar-refractivity contribution in [2.45, 2.75) is 6.92 Å². The van der Waals surface area contributed by atoms with E-state index in [4.69, 9.17) is 4.74 Å². The first-order chi connectivity index (χ1) is 7.74. The van der Waals surface area contributed by atoms with E-state index < -0.39 is 0 Å². The van der Waals surface area contributed by atoms with Gasteiger partial charge in [-0.1, -0.05) is 0 Å². The summed E-state index contributed by atoms with van der Waals surface area (Å²) in [7, 11) is 3.35. The van der Waals surface area contributed by atoms with E-state index in [0.29, 0.717) is 24.8 Å². The molecule has 6 nitrogen and oxygen atoms in total. The fraction of sp³-hybridized carbons (Fsp3) is 0.600. The molecule has 1 aromatic rings. The molecule has 0 aliphatic rings. The molecule has 0 saturated heterocycles. The molecule has 0 amide bonds. The molecule has 0 aromatic carbocycles. The third-order valence-corrected chi connectivity index (χ3v) is 2.29. The van der Waals surface area contributed by atoms with Crippen molar-refractivity contribution < 1.29 is 9.84 Å². The summed E-state index contributed by atoms with van der Waals surface area (Å²) >= 11 is 0. The number of likely N-dealkylation sites (N-methyl/N-ethyl adjacent to an activating group) is 1. The molecule has 0 aliphatic heterocycles. The largest absolute Gasteiger partial charge is 0.502 e. The Labute approximate surface area is 95.3 Å². The fourth-order valence-corrected chi connectivity index (χ4v) is 1.40. The van der Waals surface area contributed by atoms with E-state index in [9.17, 15) is 5.11 Å². The van der Waals surface area contributed by atoms with E-state index >= 15 is 0 Å². The van der Waals surface area contributed by atoms with Crippen molar-refractivity contribution in [3.05, 3.63) is 6.33 Å². The molecule has 0 saturated carbocycles. The molecule has 0 radical (unpaired) electrons. The number of aromatic hydroxyl groups is 1. The lowest BCUT2D eigenvalue weighted by molar-refractivity contribution is 0.205. The van der Waals surface area contributed by atoms with Gasteiger partial charge in [0, 0.05) is 27.2 Å². The molecule has 16 heavy (non-hydrogen) atoms. The first kappa shape index (κ1) is 12.5. The van der Waals surface area contributed by atoms with Crippen molar-refractivity contribution in [1.82, 2.24) is 9.97 Å². The zero-order valence-corrected chi connectivity index (χ0v) is 9.90. The van der Waals surface area contributed by atoms with Gasteiger partial charge in [0.25, 0.3) is 0 Å². The van der Waals surface area contributed by atoms with Crippen molar-refractivity contribution in [3.8, 4) is 5.75 Å². The minimum Gasteiger partial charge on any atom is -0.502 e. The average molecular weight is 226 g/mol. The Morgan fingerprint density at radius 2 is 2.25 bits per heavy atom. The molecule has 6 heteroatoms. The van der Waals surface area contributed by atoms with Crippen LogP contribution in [0, 0.1) is 0 Å². The van der Waals surface area contributed by atoms with Crippen LogP contribution in [0.1, 0.15) is 6.92 Å². The van der Waals surface area contributed by atoms with Crippen LogP contribution in [0.15, 0.2) is 6.33 Å². The van der Waals surface area contributed by atoms with Crippen molar-refractivity contribution in [2.75, 3.05) is 44.1 Å². The van der Waals surface area contributed by atoms with Crippen molar-refractivity contribution >= 4 is 11.6 Å². The number of aromatic nitrogens is 2. The summed E-state index contributed by atoms with van der Waals surface area (Å²) in [5.74, 6) is 1.03. The van der Waals surface area contributed by atoms with Gasteiger partial charge in [-0.05, 0) is 6.92 Å². The molecule has 0 aliphatic carbocycles. The number of hydrogen-bond donors (Lipinski definition) is 2. The molecule has 0 spiro atoms. The lowest BCUT2D eigenvalue weighted by Crippen LogP contribution is -2.27. The van der Waals surface area contributed by atoms with Gasteiger partial charge in [-0.2, -0.15) is 0 Å². The summed E-state index contributed by atoms with van der Waals surface area (Å²) in [6.07, 6.45) is 1.43. The zero-order valence-electron chi connectivity index (χ0n) is 9.90. The van der Waals surface area contributed by atoms with Gasteiger partial charge < -0.3 is 20.1 Å². The second-order valence-electron chi connectivity index (χ2n) is 3.22. The molecule has 1 heterocycles. The number of ether oxygens (including phenoxy) is 1. The predicted molar refractivity (Wildman–Crippen MR) is 63.0 cm³/mol. The SMILES string of the molecule is CCN(CCOC)c1ncnc(NC)c1O. The second kappa shape index (κ2) is 6.12. The van der Waals surface area contributed by atoms with Crippen LogP contribution < -0.4 is 10.2 Å². The molecule has 2 N–H and O–H groups in total. The normalized spacial score (nSPS) is 10.2. The smallest absolute Gasteiger partial charge is 0.201 e. The van der Waals surface area contributed by atoms with Gasteiger partial charge in [0.15, 0.2) is 11.6 Å². The zero-order chi connectivity index (χ0) is 12.0. The Morgan fingerprint density at radius 1 is 1.50 bits per heavy atom. The molecule has 0 fully saturated rings. The summed E-state index contributed by atoms with van der Waals surface area (Å²) < 4.78 is 5.01. The molecule has 1 rings (SSSR count). The summed E-state index contributed by atoms with van der Waals surface area (Å²) in [5, 5.41) is 12.7. The van der Waals surface area contributed by atoms with E-state index in [2.05, 4.69) is 15.3 Å². The van der Waals surface area contributed by atoms with Gasteiger partial charge in [0.1, 0.15) is 6.33 Å². The second-order valence-corrected chi connectivity index (χ2v) is 3.22. The highest BCUT2D eigenvalue weighted by Gasteiger charge is 2.14. The Morgan fingerprint density at radius 3 is 2.81 bits per heavy atom. The van der Waals surface area contributed by atoms with Crippen LogP contribution in [0.4, 0.5) is 11.6 Å². The van der Waals surface area contributed by atoms with Crippen LogP contribution in [0.25, 0.3) is 0 Å². The monoisotopic (exact) mass is 226 g/mol. The van der Waals surface area contributed by atoms with Gasteiger partial charge in [0.05, 0.1) is 6.61 Å². The van der Waals surface area contributed by atoms with Crippen LogP contribution in [-0.4, -0.2) is 48.9 Å². The standard InChI is InChI=1S/C10H18N4O2/c1-4-14(5-6-16-3)10-8(15)9(11-2)12-7-13-10/h7,15H,4-6H2,1-3H3,(H,11,12,13). The van der Waals surface area contributed by atoms with E-state index in [1.165, 1.54) is 6.33 Å². The van der Waals surface area contributed by atoms with Crippen LogP contribution in [0.5, 0.6) is 5.75 Å². The Balaban J connectivity index is 2.91. The van der Waals surface area contributed by atoms with E-state index in [-0.39, 0.29) is 5.75 Å². The van der Waals surface area contributed by atoms with Gasteiger partial charge in [0.2, 0.25) is 5.75 Å². The third-order valence-electron chi connectivity index (χ3n) is 2.29. The van der Waals surface area contributed by atoms with Crippen LogP contribution >= 0.6 is 0 Å². The first-order valence-electron chi connectivity index (χ1n) is 5.20. The van der Waals surface area contributed by atoms with Gasteiger partial charge in [-0.15, -0.1) is 0 Å². The molecule has 90 valence electrons. The van der Waals surface area contributed by atoms with E-state index in [1.54, 1.807) is 14.2 Å². The lowest BCUT2D eigenvalue weighted by atomic mass is 10.4. The number of hydrogen-bond acceptors (Lipinski definition) is 6. The molecule has 1 aromatic heterocycles. The topological polar surface area (TPSA) is 70.5 Å². The Kier molecular flexibility index (Phi) is 4.78. The van der Waals surface area contributed by atoms with E-state index in [1.807, 2.05) is 11.8 Å². The summed E-state index contributed by atoms with van der Waals surface area (Å²) in [4.78, 5) is 9.94. The quantitative estimate of drug-likeness (QED) is 0.744. The number of anilines is 2. The van der Waals surface area contributed by atoms with Crippen LogP contribution in [0.3, 0.4) is 0 Å². The highest BCUT2D eigenvalue weighted by Crippen LogP contribution is 2.29.